The van der Waals surface area contributed by atoms with Gasteiger partial charge in [0.05, 0.1) is 11.4 Å². The highest BCUT2D eigenvalue weighted by molar-refractivity contribution is 7.85. The molecule has 2 rings (SSSR count). The lowest BCUT2D eigenvalue weighted by Crippen LogP contribution is -2.33. The molecule has 1 heterocycles. The Morgan fingerprint density at radius 3 is 2.38 bits per heavy atom. The summed E-state index contributed by atoms with van der Waals surface area (Å²) in [5, 5.41) is 1.41. The molecule has 128 valence electrons. The zero-order chi connectivity index (χ0) is 17.9. The molecule has 0 unspecified atom stereocenters. The number of anilines is 1. The Morgan fingerprint density at radius 1 is 1.12 bits per heavy atom. The lowest BCUT2D eigenvalue weighted by atomic mass is 10.0. The van der Waals surface area contributed by atoms with Crippen molar-refractivity contribution in [1.82, 2.24) is 4.98 Å². The molecule has 0 aliphatic carbocycles. The van der Waals surface area contributed by atoms with E-state index >= 15 is 0 Å². The number of pyridine rings is 1. The molecule has 0 saturated carbocycles. The van der Waals surface area contributed by atoms with Crippen molar-refractivity contribution in [2.24, 2.45) is 0 Å². The summed E-state index contributed by atoms with van der Waals surface area (Å²) in [4.78, 5) is 28.9. The minimum Gasteiger partial charge on any atom is -0.286 e. The molecule has 2 aromatic rings. The first-order valence-electron chi connectivity index (χ1n) is 7.34. The molecule has 0 radical (unpaired) electrons. The van der Waals surface area contributed by atoms with Gasteiger partial charge in [0.2, 0.25) is 11.8 Å². The van der Waals surface area contributed by atoms with Crippen LogP contribution in [-0.4, -0.2) is 35.5 Å². The van der Waals surface area contributed by atoms with Crippen LogP contribution in [0.5, 0.6) is 0 Å². The van der Waals surface area contributed by atoms with E-state index in [0.717, 1.165) is 10.3 Å². The van der Waals surface area contributed by atoms with Gasteiger partial charge >= 0.3 is 0 Å². The van der Waals surface area contributed by atoms with Crippen molar-refractivity contribution in [1.29, 1.82) is 0 Å². The predicted molar refractivity (Wildman–Crippen MR) is 90.3 cm³/mol. The fourth-order valence-electron chi connectivity index (χ4n) is 2.63. The molecule has 1 aromatic carbocycles. The lowest BCUT2D eigenvalue weighted by molar-refractivity contribution is -0.124. The maximum absolute atomic E-state index is 11.8. The van der Waals surface area contributed by atoms with Gasteiger partial charge in [-0.3, -0.25) is 24.0 Å². The third-order valence-corrected chi connectivity index (χ3v) is 4.36. The highest BCUT2D eigenvalue weighted by Crippen LogP contribution is 2.29. The number of rotatable bonds is 5. The predicted octanol–water partition coefficient (Wildman–Crippen LogP) is 1.95. The van der Waals surface area contributed by atoms with E-state index in [4.69, 9.17) is 4.55 Å². The molecular formula is C16H18N2O5S. The van der Waals surface area contributed by atoms with Gasteiger partial charge in [-0.05, 0) is 25.0 Å². The summed E-state index contributed by atoms with van der Waals surface area (Å²) >= 11 is 0. The van der Waals surface area contributed by atoms with Gasteiger partial charge in [0.25, 0.3) is 10.1 Å². The zero-order valence-electron chi connectivity index (χ0n) is 13.4. The van der Waals surface area contributed by atoms with Crippen molar-refractivity contribution in [2.45, 2.75) is 26.7 Å². The summed E-state index contributed by atoms with van der Waals surface area (Å²) in [7, 11) is -4.02. The number of nitrogens with zero attached hydrogens (tertiary/aromatic N) is 2. The van der Waals surface area contributed by atoms with Crippen LogP contribution in [0.2, 0.25) is 0 Å². The van der Waals surface area contributed by atoms with Crippen molar-refractivity contribution in [2.75, 3.05) is 10.7 Å². The second-order valence-corrected chi connectivity index (χ2v) is 6.97. The minimum absolute atomic E-state index is 0.221. The Bertz CT molecular complexity index is 878. The second kappa shape index (κ2) is 7.06. The van der Waals surface area contributed by atoms with E-state index in [1.54, 1.807) is 30.5 Å². The molecular weight excluding hydrogens is 332 g/mol. The topological polar surface area (TPSA) is 105 Å². The summed E-state index contributed by atoms with van der Waals surface area (Å²) in [6, 6.07) is 6.89. The van der Waals surface area contributed by atoms with Crippen molar-refractivity contribution < 1.29 is 22.6 Å². The van der Waals surface area contributed by atoms with Crippen molar-refractivity contribution >= 4 is 38.4 Å². The number of fused-ring (bicyclic) bond motifs is 1. The highest BCUT2D eigenvalue weighted by atomic mass is 32.2. The van der Waals surface area contributed by atoms with E-state index in [0.29, 0.717) is 23.2 Å². The molecule has 8 heteroatoms. The number of benzene rings is 1. The summed E-state index contributed by atoms with van der Waals surface area (Å²) in [5.74, 6) is -1.13. The average molecular weight is 350 g/mol. The van der Waals surface area contributed by atoms with Gasteiger partial charge < -0.3 is 0 Å². The van der Waals surface area contributed by atoms with Gasteiger partial charge in [-0.2, -0.15) is 8.42 Å². The highest BCUT2D eigenvalue weighted by Gasteiger charge is 2.19. The minimum atomic E-state index is -4.02. The lowest BCUT2D eigenvalue weighted by Gasteiger charge is -2.19. The molecule has 0 aliphatic heterocycles. The largest absolute Gasteiger partial charge is 0.286 e. The fourth-order valence-corrected chi connectivity index (χ4v) is 3.14. The Kier molecular flexibility index (Phi) is 5.30. The van der Waals surface area contributed by atoms with Crippen molar-refractivity contribution in [3.05, 3.63) is 36.2 Å². The molecule has 0 aliphatic rings. The molecule has 1 aromatic heterocycles. The Labute approximate surface area is 140 Å². The molecule has 0 atom stereocenters. The van der Waals surface area contributed by atoms with Crippen LogP contribution < -0.4 is 4.90 Å². The van der Waals surface area contributed by atoms with Gasteiger partial charge in [-0.1, -0.05) is 12.1 Å². The van der Waals surface area contributed by atoms with Crippen molar-refractivity contribution in [3.8, 4) is 0 Å². The third-order valence-electron chi connectivity index (χ3n) is 3.55. The summed E-state index contributed by atoms with van der Waals surface area (Å²) in [5.41, 5.74) is 1.11. The number of amides is 2. The van der Waals surface area contributed by atoms with E-state index in [-0.39, 0.29) is 24.0 Å². The van der Waals surface area contributed by atoms with Crippen LogP contribution in [0.4, 0.5) is 5.69 Å². The number of aromatic nitrogens is 1. The normalized spacial score (nSPS) is 11.5. The molecule has 0 spiro atoms. The van der Waals surface area contributed by atoms with Crippen LogP contribution in [0, 0.1) is 0 Å². The van der Waals surface area contributed by atoms with Crippen LogP contribution in [0.1, 0.15) is 26.0 Å². The Morgan fingerprint density at radius 2 is 1.79 bits per heavy atom. The molecule has 2 amide bonds. The van der Waals surface area contributed by atoms with E-state index in [1.807, 2.05) is 0 Å². The van der Waals surface area contributed by atoms with E-state index < -0.39 is 10.1 Å². The molecule has 7 nitrogen and oxygen atoms in total. The van der Waals surface area contributed by atoms with Gasteiger partial charge in [0, 0.05) is 36.5 Å². The number of aryl methyl sites for hydroxylation is 1. The number of carbonyl (C=O) groups is 2. The standard InChI is InChI=1S/C16H18N2O5S/c1-11(19)18(12(2)20)16-7-3-5-13-14(16)8-9-17-15(13)6-4-10-24(21,22)23/h3,5,7-9H,4,6,10H2,1-2H3,(H,21,22,23). The van der Waals surface area contributed by atoms with Gasteiger partial charge in [0.15, 0.2) is 0 Å². The van der Waals surface area contributed by atoms with E-state index in [9.17, 15) is 18.0 Å². The quantitative estimate of drug-likeness (QED) is 0.827. The van der Waals surface area contributed by atoms with E-state index in [1.165, 1.54) is 13.8 Å². The van der Waals surface area contributed by atoms with Crippen LogP contribution in [0.25, 0.3) is 10.8 Å². The second-order valence-electron chi connectivity index (χ2n) is 5.39. The average Bonchev–Trinajstić information content (AvgIpc) is 2.46. The molecule has 1 N–H and O–H groups in total. The van der Waals surface area contributed by atoms with Gasteiger partial charge in [-0.25, -0.2) is 0 Å². The monoisotopic (exact) mass is 350 g/mol. The third kappa shape index (κ3) is 4.15. The number of hydrogen-bond donors (Lipinski definition) is 1. The summed E-state index contributed by atoms with van der Waals surface area (Å²) < 4.78 is 30.5. The molecule has 0 fully saturated rings. The SMILES string of the molecule is CC(=O)N(C(C)=O)c1cccc2c(CCCS(=O)(=O)O)nccc12. The number of carbonyl (C=O) groups excluding carboxylic acids is 2. The van der Waals surface area contributed by atoms with E-state index in [2.05, 4.69) is 4.98 Å². The van der Waals surface area contributed by atoms with Crippen LogP contribution >= 0.6 is 0 Å². The zero-order valence-corrected chi connectivity index (χ0v) is 14.2. The summed E-state index contributed by atoms with van der Waals surface area (Å²) in [6.45, 7) is 2.63. The van der Waals surface area contributed by atoms with Gasteiger partial charge in [0.1, 0.15) is 0 Å². The van der Waals surface area contributed by atoms with Crippen LogP contribution in [0.3, 0.4) is 0 Å². The first-order chi connectivity index (χ1) is 11.2. The van der Waals surface area contributed by atoms with Crippen LogP contribution in [-0.2, 0) is 26.1 Å². The van der Waals surface area contributed by atoms with Gasteiger partial charge in [-0.15, -0.1) is 0 Å². The first kappa shape index (κ1) is 18.0. The maximum Gasteiger partial charge on any atom is 0.264 e. The summed E-state index contributed by atoms with van der Waals surface area (Å²) in [6.07, 6.45) is 2.12. The maximum atomic E-state index is 11.8. The molecule has 24 heavy (non-hydrogen) atoms. The fraction of sp³-hybridized carbons (Fsp3) is 0.312. The molecule has 0 bridgehead atoms. The smallest absolute Gasteiger partial charge is 0.264 e. The number of hydrogen-bond acceptors (Lipinski definition) is 5. The molecule has 0 saturated heterocycles. The Balaban J connectivity index is 2.46. The van der Waals surface area contributed by atoms with Crippen molar-refractivity contribution in [3.63, 3.8) is 0 Å². The number of imide groups is 1. The first-order valence-corrected chi connectivity index (χ1v) is 8.94. The van der Waals surface area contributed by atoms with Crippen LogP contribution in [0.15, 0.2) is 30.5 Å². The Hall–Kier alpha value is -2.32.